The van der Waals surface area contributed by atoms with E-state index in [1.807, 2.05) is 13.0 Å². The fourth-order valence-electron chi connectivity index (χ4n) is 1.50. The van der Waals surface area contributed by atoms with Gasteiger partial charge in [0.15, 0.2) is 11.6 Å². The van der Waals surface area contributed by atoms with Crippen molar-refractivity contribution >= 4 is 0 Å². The first-order valence-electron chi connectivity index (χ1n) is 4.89. The quantitative estimate of drug-likeness (QED) is 0.759. The van der Waals surface area contributed by atoms with Gasteiger partial charge >= 0.3 is 0 Å². The van der Waals surface area contributed by atoms with Crippen LogP contribution >= 0.6 is 0 Å². The summed E-state index contributed by atoms with van der Waals surface area (Å²) in [7, 11) is 1.46. The zero-order valence-corrected chi connectivity index (χ0v) is 9.05. The highest BCUT2D eigenvalue weighted by atomic mass is 19.1. The van der Waals surface area contributed by atoms with Crippen molar-refractivity contribution in [1.29, 1.82) is 0 Å². The molecular weight excluding hydrogens is 197 g/mol. The fourth-order valence-corrected chi connectivity index (χ4v) is 1.50. The number of rotatable bonds is 5. The maximum absolute atomic E-state index is 13.5. The van der Waals surface area contributed by atoms with E-state index in [0.29, 0.717) is 13.0 Å². The highest BCUT2D eigenvalue weighted by molar-refractivity contribution is 5.39. The number of methoxy groups -OCH3 is 1. The van der Waals surface area contributed by atoms with E-state index in [1.54, 1.807) is 0 Å². The molecule has 0 amide bonds. The maximum atomic E-state index is 13.5. The number of ether oxygens (including phenoxy) is 1. The second kappa shape index (κ2) is 5.68. The van der Waals surface area contributed by atoms with Crippen molar-refractivity contribution in [2.45, 2.75) is 19.8 Å². The van der Waals surface area contributed by atoms with Crippen LogP contribution in [0.3, 0.4) is 0 Å². The molecule has 1 rings (SSSR count). The van der Waals surface area contributed by atoms with Crippen LogP contribution < -0.4 is 10.6 Å². The molecule has 0 unspecified atom stereocenters. The largest absolute Gasteiger partial charge is 0.493 e. The maximum Gasteiger partial charge on any atom is 0.165 e. The Morgan fingerprint density at radius 1 is 1.40 bits per heavy atom. The van der Waals surface area contributed by atoms with Crippen LogP contribution in [0.4, 0.5) is 4.39 Å². The van der Waals surface area contributed by atoms with Gasteiger partial charge in [-0.3, -0.25) is 0 Å². The summed E-state index contributed by atoms with van der Waals surface area (Å²) < 4.78 is 18.5. The van der Waals surface area contributed by atoms with Gasteiger partial charge in [0.1, 0.15) is 0 Å². The highest BCUT2D eigenvalue weighted by Crippen LogP contribution is 2.25. The Bertz CT molecular complexity index is 329. The van der Waals surface area contributed by atoms with E-state index in [9.17, 15) is 4.39 Å². The van der Waals surface area contributed by atoms with Gasteiger partial charge in [0, 0.05) is 6.42 Å². The average molecular weight is 213 g/mol. The lowest BCUT2D eigenvalue weighted by Crippen LogP contribution is -2.06. The molecule has 0 bridgehead atoms. The molecule has 0 radical (unpaired) electrons. The van der Waals surface area contributed by atoms with Crippen LogP contribution in [0.25, 0.3) is 0 Å². The average Bonchev–Trinajstić information content (AvgIpc) is 2.25. The first-order chi connectivity index (χ1) is 7.22. The summed E-state index contributed by atoms with van der Waals surface area (Å²) in [6.07, 6.45) is 1.34. The molecule has 15 heavy (non-hydrogen) atoms. The molecule has 0 aromatic heterocycles. The van der Waals surface area contributed by atoms with Crippen molar-refractivity contribution in [3.8, 4) is 5.75 Å². The number of benzene rings is 1. The van der Waals surface area contributed by atoms with E-state index in [1.165, 1.54) is 13.2 Å². The van der Waals surface area contributed by atoms with E-state index in [4.69, 9.17) is 10.6 Å². The third-order valence-corrected chi connectivity index (χ3v) is 2.28. The van der Waals surface area contributed by atoms with Crippen LogP contribution in [0.5, 0.6) is 5.75 Å². The second-order valence-electron chi connectivity index (χ2n) is 3.24. The van der Waals surface area contributed by atoms with Gasteiger partial charge in [-0.05, 0) is 23.6 Å². The zero-order valence-electron chi connectivity index (χ0n) is 9.05. The van der Waals surface area contributed by atoms with Crippen molar-refractivity contribution in [2.24, 2.45) is 5.90 Å². The van der Waals surface area contributed by atoms with E-state index < -0.39 is 0 Å². The van der Waals surface area contributed by atoms with E-state index in [0.717, 1.165) is 17.5 Å². The molecule has 1 aromatic carbocycles. The van der Waals surface area contributed by atoms with Gasteiger partial charge in [0.05, 0.1) is 13.7 Å². The number of hydrogen-bond donors (Lipinski definition) is 1. The number of halogens is 1. The van der Waals surface area contributed by atoms with E-state index in [2.05, 4.69) is 4.84 Å². The predicted molar refractivity (Wildman–Crippen MR) is 56.2 cm³/mol. The van der Waals surface area contributed by atoms with Gasteiger partial charge in [-0.25, -0.2) is 10.3 Å². The summed E-state index contributed by atoms with van der Waals surface area (Å²) >= 11 is 0. The number of nitrogens with two attached hydrogens (primary N) is 1. The number of hydrogen-bond acceptors (Lipinski definition) is 3. The Hall–Kier alpha value is -1.13. The Kier molecular flexibility index (Phi) is 4.52. The van der Waals surface area contributed by atoms with Gasteiger partial charge < -0.3 is 9.57 Å². The molecule has 1 aromatic rings. The molecule has 4 heteroatoms. The molecule has 0 heterocycles. The minimum atomic E-state index is -0.330. The van der Waals surface area contributed by atoms with Gasteiger partial charge in [0.25, 0.3) is 0 Å². The molecule has 3 nitrogen and oxygen atoms in total. The lowest BCUT2D eigenvalue weighted by atomic mass is 10.0. The van der Waals surface area contributed by atoms with Crippen LogP contribution in [-0.4, -0.2) is 13.7 Å². The summed E-state index contributed by atoms with van der Waals surface area (Å²) in [5.41, 5.74) is 1.74. The van der Waals surface area contributed by atoms with Crippen LogP contribution in [0.15, 0.2) is 12.1 Å². The molecule has 84 valence electrons. The minimum Gasteiger partial charge on any atom is -0.493 e. The Morgan fingerprint density at radius 2 is 2.13 bits per heavy atom. The minimum absolute atomic E-state index is 0.282. The molecule has 2 N–H and O–H groups in total. The molecule has 0 saturated heterocycles. The summed E-state index contributed by atoms with van der Waals surface area (Å²) in [6, 6.07) is 3.41. The van der Waals surface area contributed by atoms with Crippen molar-refractivity contribution < 1.29 is 14.0 Å². The SMILES string of the molecule is CCc1cc(F)c(OC)c(CCON)c1. The van der Waals surface area contributed by atoms with Gasteiger partial charge in [-0.15, -0.1) is 0 Å². The third-order valence-electron chi connectivity index (χ3n) is 2.28. The van der Waals surface area contributed by atoms with Crippen molar-refractivity contribution in [1.82, 2.24) is 0 Å². The van der Waals surface area contributed by atoms with Crippen molar-refractivity contribution in [3.05, 3.63) is 29.1 Å². The van der Waals surface area contributed by atoms with Crippen molar-refractivity contribution in [2.75, 3.05) is 13.7 Å². The summed E-state index contributed by atoms with van der Waals surface area (Å²) in [4.78, 5) is 4.48. The van der Waals surface area contributed by atoms with Crippen LogP contribution in [0.1, 0.15) is 18.1 Å². The first kappa shape index (κ1) is 11.9. The summed E-state index contributed by atoms with van der Waals surface area (Å²) in [5.74, 6) is 4.89. The standard InChI is InChI=1S/C11H16FNO2/c1-3-8-6-9(4-5-15-13)11(14-2)10(12)7-8/h6-7H,3-5,13H2,1-2H3. The molecule has 0 fully saturated rings. The number of aryl methyl sites for hydroxylation is 1. The normalized spacial score (nSPS) is 10.4. The fraction of sp³-hybridized carbons (Fsp3) is 0.455. The molecule has 0 aliphatic carbocycles. The second-order valence-corrected chi connectivity index (χ2v) is 3.24. The highest BCUT2D eigenvalue weighted by Gasteiger charge is 2.10. The molecule has 0 aliphatic rings. The topological polar surface area (TPSA) is 44.5 Å². The zero-order chi connectivity index (χ0) is 11.3. The first-order valence-corrected chi connectivity index (χ1v) is 4.89. The lowest BCUT2D eigenvalue weighted by molar-refractivity contribution is 0.140. The van der Waals surface area contributed by atoms with Crippen LogP contribution in [0, 0.1) is 5.82 Å². The van der Waals surface area contributed by atoms with Gasteiger partial charge in [0.2, 0.25) is 0 Å². The van der Waals surface area contributed by atoms with Gasteiger partial charge in [-0.1, -0.05) is 13.0 Å². The van der Waals surface area contributed by atoms with Crippen LogP contribution in [-0.2, 0) is 17.7 Å². The van der Waals surface area contributed by atoms with Crippen LogP contribution in [0.2, 0.25) is 0 Å². The van der Waals surface area contributed by atoms with Gasteiger partial charge in [-0.2, -0.15) is 0 Å². The Labute approximate surface area is 88.9 Å². The predicted octanol–water partition coefficient (Wildman–Crippen LogP) is 1.83. The van der Waals surface area contributed by atoms with Crippen molar-refractivity contribution in [3.63, 3.8) is 0 Å². The Balaban J connectivity index is 3.02. The molecule has 0 spiro atoms. The molecule has 0 saturated carbocycles. The third kappa shape index (κ3) is 2.91. The molecule has 0 aliphatic heterocycles. The van der Waals surface area contributed by atoms with E-state index in [-0.39, 0.29) is 11.6 Å². The van der Waals surface area contributed by atoms with E-state index >= 15 is 0 Å². The summed E-state index contributed by atoms with van der Waals surface area (Å²) in [5, 5.41) is 0. The molecule has 0 atom stereocenters. The lowest BCUT2D eigenvalue weighted by Gasteiger charge is -2.11. The summed E-state index contributed by atoms with van der Waals surface area (Å²) in [6.45, 7) is 2.33. The molecular formula is C11H16FNO2. The smallest absolute Gasteiger partial charge is 0.165 e. The Morgan fingerprint density at radius 3 is 2.67 bits per heavy atom. The monoisotopic (exact) mass is 213 g/mol.